The zero-order chi connectivity index (χ0) is 17.2. The largest absolute Gasteiger partial charge is 0.463 e. The summed E-state index contributed by atoms with van der Waals surface area (Å²) in [5, 5.41) is 17.4. The van der Waals surface area contributed by atoms with Crippen LogP contribution in [0, 0.1) is 6.92 Å². The maximum Gasteiger partial charge on any atom is 0.271 e. The smallest absolute Gasteiger partial charge is 0.271 e. The van der Waals surface area contributed by atoms with E-state index < -0.39 is 5.60 Å². The van der Waals surface area contributed by atoms with Crippen LogP contribution in [0.2, 0.25) is 0 Å². The van der Waals surface area contributed by atoms with Crippen LogP contribution < -0.4 is 5.32 Å². The lowest BCUT2D eigenvalue weighted by Gasteiger charge is -2.20. The first-order valence-electron chi connectivity index (χ1n) is 7.64. The molecule has 0 saturated heterocycles. The Balaban J connectivity index is 1.66. The lowest BCUT2D eigenvalue weighted by molar-refractivity contribution is 0.0322. The molecule has 3 aromatic rings. The predicted molar refractivity (Wildman–Crippen MR) is 88.9 cm³/mol. The number of benzene rings is 1. The van der Waals surface area contributed by atoms with Gasteiger partial charge in [0, 0.05) is 6.20 Å². The molecular weight excluding hydrogens is 306 g/mol. The molecule has 1 atom stereocenters. The molecule has 6 nitrogen and oxygen atoms in total. The van der Waals surface area contributed by atoms with E-state index in [2.05, 4.69) is 10.4 Å². The number of hydrogen-bond donors (Lipinski definition) is 2. The molecule has 1 unspecified atom stereocenters. The Labute approximate surface area is 139 Å². The minimum Gasteiger partial charge on any atom is -0.463 e. The van der Waals surface area contributed by atoms with E-state index in [1.54, 1.807) is 42.9 Å². The van der Waals surface area contributed by atoms with Gasteiger partial charge >= 0.3 is 0 Å². The van der Waals surface area contributed by atoms with Crippen molar-refractivity contribution in [3.63, 3.8) is 0 Å². The SMILES string of the molecule is Cc1ccc(C(C)(O)CNC(=O)c2ccn(-c3ccccc3)n2)o1. The van der Waals surface area contributed by atoms with Crippen LogP contribution in [0.15, 0.2) is 59.1 Å². The number of aryl methyl sites for hydroxylation is 1. The molecule has 0 aliphatic rings. The van der Waals surface area contributed by atoms with Crippen molar-refractivity contribution in [2.45, 2.75) is 19.4 Å². The highest BCUT2D eigenvalue weighted by atomic mass is 16.4. The number of para-hydroxylation sites is 1. The molecular formula is C18H19N3O3. The van der Waals surface area contributed by atoms with Crippen LogP contribution >= 0.6 is 0 Å². The van der Waals surface area contributed by atoms with Crippen molar-refractivity contribution in [2.75, 3.05) is 6.54 Å². The van der Waals surface area contributed by atoms with E-state index >= 15 is 0 Å². The topological polar surface area (TPSA) is 80.3 Å². The van der Waals surface area contributed by atoms with Gasteiger partial charge in [-0.05, 0) is 44.2 Å². The first-order chi connectivity index (χ1) is 11.5. The van der Waals surface area contributed by atoms with Gasteiger partial charge < -0.3 is 14.8 Å². The Morgan fingerprint density at radius 1 is 1.25 bits per heavy atom. The van der Waals surface area contributed by atoms with Crippen LogP contribution in [0.4, 0.5) is 0 Å². The predicted octanol–water partition coefficient (Wildman–Crippen LogP) is 2.41. The highest BCUT2D eigenvalue weighted by molar-refractivity contribution is 5.92. The van der Waals surface area contributed by atoms with Gasteiger partial charge in [0.1, 0.15) is 17.1 Å². The average molecular weight is 325 g/mol. The minimum absolute atomic E-state index is 0.0248. The minimum atomic E-state index is -1.29. The fourth-order valence-electron chi connectivity index (χ4n) is 2.32. The Morgan fingerprint density at radius 2 is 2.00 bits per heavy atom. The van der Waals surface area contributed by atoms with Crippen molar-refractivity contribution in [1.82, 2.24) is 15.1 Å². The summed E-state index contributed by atoms with van der Waals surface area (Å²) in [6.07, 6.45) is 1.72. The Hall–Kier alpha value is -2.86. The highest BCUT2D eigenvalue weighted by Gasteiger charge is 2.27. The van der Waals surface area contributed by atoms with E-state index in [9.17, 15) is 9.90 Å². The number of aromatic nitrogens is 2. The lowest BCUT2D eigenvalue weighted by atomic mass is 10.0. The molecule has 1 aromatic carbocycles. The van der Waals surface area contributed by atoms with Crippen LogP contribution in [0.25, 0.3) is 5.69 Å². The maximum atomic E-state index is 12.2. The molecule has 2 heterocycles. The zero-order valence-electron chi connectivity index (χ0n) is 13.6. The third-order valence-electron chi connectivity index (χ3n) is 3.71. The molecule has 0 aliphatic carbocycles. The number of nitrogens with zero attached hydrogens (tertiary/aromatic N) is 2. The summed E-state index contributed by atoms with van der Waals surface area (Å²) in [6, 6.07) is 14.6. The van der Waals surface area contributed by atoms with Crippen molar-refractivity contribution in [1.29, 1.82) is 0 Å². The van der Waals surface area contributed by atoms with Gasteiger partial charge in [-0.2, -0.15) is 5.10 Å². The summed E-state index contributed by atoms with van der Waals surface area (Å²) in [7, 11) is 0. The number of carbonyl (C=O) groups excluding carboxylic acids is 1. The second kappa shape index (κ2) is 6.33. The quantitative estimate of drug-likeness (QED) is 0.755. The second-order valence-corrected chi connectivity index (χ2v) is 5.85. The summed E-state index contributed by atoms with van der Waals surface area (Å²) in [6.45, 7) is 3.42. The van der Waals surface area contributed by atoms with Crippen LogP contribution in [-0.2, 0) is 5.60 Å². The van der Waals surface area contributed by atoms with Crippen LogP contribution in [0.3, 0.4) is 0 Å². The highest BCUT2D eigenvalue weighted by Crippen LogP contribution is 2.22. The molecule has 3 rings (SSSR count). The molecule has 0 saturated carbocycles. The normalized spacial score (nSPS) is 13.5. The molecule has 0 bridgehead atoms. The third kappa shape index (κ3) is 3.38. The third-order valence-corrected chi connectivity index (χ3v) is 3.71. The summed E-state index contributed by atoms with van der Waals surface area (Å²) in [5.74, 6) is 0.765. The fourth-order valence-corrected chi connectivity index (χ4v) is 2.32. The van der Waals surface area contributed by atoms with Crippen molar-refractivity contribution in [3.05, 3.63) is 71.9 Å². The maximum absolute atomic E-state index is 12.2. The molecule has 0 aliphatic heterocycles. The molecule has 2 aromatic heterocycles. The van der Waals surface area contributed by atoms with Crippen molar-refractivity contribution in [3.8, 4) is 5.69 Å². The number of nitrogens with one attached hydrogen (secondary N) is 1. The molecule has 1 amide bonds. The van der Waals surface area contributed by atoms with Gasteiger partial charge in [0.05, 0.1) is 12.2 Å². The van der Waals surface area contributed by atoms with Gasteiger partial charge in [-0.1, -0.05) is 18.2 Å². The lowest BCUT2D eigenvalue weighted by Crippen LogP contribution is -2.38. The number of amides is 1. The van der Waals surface area contributed by atoms with Gasteiger partial charge in [-0.25, -0.2) is 4.68 Å². The average Bonchev–Trinajstić information content (AvgIpc) is 3.23. The Kier molecular flexibility index (Phi) is 4.22. The number of aliphatic hydroxyl groups is 1. The van der Waals surface area contributed by atoms with Crippen molar-refractivity contribution in [2.24, 2.45) is 0 Å². The van der Waals surface area contributed by atoms with E-state index in [0.29, 0.717) is 11.5 Å². The van der Waals surface area contributed by atoms with E-state index in [-0.39, 0.29) is 18.1 Å². The number of rotatable bonds is 5. The molecule has 124 valence electrons. The van der Waals surface area contributed by atoms with E-state index in [0.717, 1.165) is 5.69 Å². The summed E-state index contributed by atoms with van der Waals surface area (Å²) in [5.41, 5.74) is -0.133. The first kappa shape index (κ1) is 16.0. The molecule has 0 radical (unpaired) electrons. The van der Waals surface area contributed by atoms with E-state index in [4.69, 9.17) is 4.42 Å². The van der Waals surface area contributed by atoms with Gasteiger partial charge in [0.2, 0.25) is 0 Å². The first-order valence-corrected chi connectivity index (χ1v) is 7.64. The van der Waals surface area contributed by atoms with Crippen LogP contribution in [-0.4, -0.2) is 27.3 Å². The van der Waals surface area contributed by atoms with E-state index in [1.165, 1.54) is 0 Å². The van der Waals surface area contributed by atoms with Gasteiger partial charge in [0.25, 0.3) is 5.91 Å². The Bertz CT molecular complexity index is 834. The van der Waals surface area contributed by atoms with Gasteiger partial charge in [0.15, 0.2) is 5.69 Å². The summed E-state index contributed by atoms with van der Waals surface area (Å²) in [4.78, 5) is 12.2. The number of furan rings is 1. The standard InChI is InChI=1S/C18H19N3O3/c1-13-8-9-16(24-13)18(2,23)12-19-17(22)15-10-11-21(20-15)14-6-4-3-5-7-14/h3-11,23H,12H2,1-2H3,(H,19,22). The van der Waals surface area contributed by atoms with Gasteiger partial charge in [-0.15, -0.1) is 0 Å². The van der Waals surface area contributed by atoms with Crippen LogP contribution in [0.5, 0.6) is 0 Å². The number of carbonyl (C=O) groups is 1. The number of hydrogen-bond acceptors (Lipinski definition) is 4. The van der Waals surface area contributed by atoms with E-state index in [1.807, 2.05) is 30.3 Å². The van der Waals surface area contributed by atoms with Gasteiger partial charge in [-0.3, -0.25) is 4.79 Å². The monoisotopic (exact) mass is 325 g/mol. The second-order valence-electron chi connectivity index (χ2n) is 5.85. The molecule has 24 heavy (non-hydrogen) atoms. The van der Waals surface area contributed by atoms with Crippen molar-refractivity contribution < 1.29 is 14.3 Å². The van der Waals surface area contributed by atoms with Crippen LogP contribution in [0.1, 0.15) is 28.9 Å². The Morgan fingerprint density at radius 3 is 2.67 bits per heavy atom. The molecule has 6 heteroatoms. The molecule has 0 fully saturated rings. The van der Waals surface area contributed by atoms with Crippen molar-refractivity contribution >= 4 is 5.91 Å². The molecule has 2 N–H and O–H groups in total. The zero-order valence-corrected chi connectivity index (χ0v) is 13.6. The molecule has 0 spiro atoms. The summed E-state index contributed by atoms with van der Waals surface area (Å²) < 4.78 is 7.06. The fraction of sp³-hybridized carbons (Fsp3) is 0.222. The summed E-state index contributed by atoms with van der Waals surface area (Å²) >= 11 is 0.